The molecule has 0 fully saturated rings. The molecule has 1 aliphatic rings. The minimum absolute atomic E-state index is 0.0103. The van der Waals surface area contributed by atoms with Crippen LogP contribution in [0, 0.1) is 5.92 Å². The van der Waals surface area contributed by atoms with E-state index in [2.05, 4.69) is 5.32 Å². The molecule has 1 unspecified atom stereocenters. The average molecular weight is 424 g/mol. The van der Waals surface area contributed by atoms with Gasteiger partial charge < -0.3 is 10.2 Å². The lowest BCUT2D eigenvalue weighted by Crippen LogP contribution is -2.53. The van der Waals surface area contributed by atoms with Crippen LogP contribution in [0.1, 0.15) is 44.7 Å². The van der Waals surface area contributed by atoms with Crippen molar-refractivity contribution in [3.8, 4) is 0 Å². The Morgan fingerprint density at radius 3 is 2.48 bits per heavy atom. The molecule has 8 heteroatoms. The van der Waals surface area contributed by atoms with Crippen molar-refractivity contribution in [2.45, 2.75) is 52.6 Å². The van der Waals surface area contributed by atoms with Gasteiger partial charge in [-0.3, -0.25) is 9.59 Å². The molecule has 7 nitrogen and oxygen atoms in total. The highest BCUT2D eigenvalue weighted by molar-refractivity contribution is 7.88. The predicted molar refractivity (Wildman–Crippen MR) is 114 cm³/mol. The SMILES string of the molecule is CCN(CCCNC(=O)C1Cc2ccccc2CN1C(=O)CC(C)C)S(C)(=O)=O. The molecular weight excluding hydrogens is 390 g/mol. The van der Waals surface area contributed by atoms with Crippen molar-refractivity contribution in [2.75, 3.05) is 25.9 Å². The minimum atomic E-state index is -3.23. The van der Waals surface area contributed by atoms with Crippen LogP contribution in [-0.4, -0.2) is 61.4 Å². The van der Waals surface area contributed by atoms with E-state index < -0.39 is 16.1 Å². The molecule has 1 atom stereocenters. The van der Waals surface area contributed by atoms with Crippen molar-refractivity contribution in [3.05, 3.63) is 35.4 Å². The lowest BCUT2D eigenvalue weighted by atomic mass is 9.92. The minimum Gasteiger partial charge on any atom is -0.354 e. The Hall–Kier alpha value is -1.93. The summed E-state index contributed by atoms with van der Waals surface area (Å²) in [6, 6.07) is 7.37. The van der Waals surface area contributed by atoms with Gasteiger partial charge >= 0.3 is 0 Å². The van der Waals surface area contributed by atoms with E-state index >= 15 is 0 Å². The van der Waals surface area contributed by atoms with Crippen LogP contribution in [0.25, 0.3) is 0 Å². The Labute approximate surface area is 174 Å². The summed E-state index contributed by atoms with van der Waals surface area (Å²) in [7, 11) is -3.23. The van der Waals surface area contributed by atoms with Crippen molar-refractivity contribution < 1.29 is 18.0 Å². The molecule has 0 aromatic heterocycles. The molecule has 1 aromatic carbocycles. The third-order valence-electron chi connectivity index (χ3n) is 5.16. The van der Waals surface area contributed by atoms with Crippen LogP contribution in [0.5, 0.6) is 0 Å². The number of nitrogens with zero attached hydrogens (tertiary/aromatic N) is 2. The van der Waals surface area contributed by atoms with E-state index in [0.717, 1.165) is 11.1 Å². The van der Waals surface area contributed by atoms with Gasteiger partial charge in [-0.15, -0.1) is 0 Å². The Bertz CT molecular complexity index is 823. The molecule has 162 valence electrons. The molecule has 0 spiro atoms. The van der Waals surface area contributed by atoms with Crippen molar-refractivity contribution in [2.24, 2.45) is 5.92 Å². The highest BCUT2D eigenvalue weighted by atomic mass is 32.2. The molecule has 0 aliphatic carbocycles. The third-order valence-corrected chi connectivity index (χ3v) is 6.54. The molecular formula is C21H33N3O4S. The largest absolute Gasteiger partial charge is 0.354 e. The summed E-state index contributed by atoms with van der Waals surface area (Å²) in [5.41, 5.74) is 2.18. The number of carbonyl (C=O) groups is 2. The first-order valence-corrected chi connectivity index (χ1v) is 12.1. The van der Waals surface area contributed by atoms with Gasteiger partial charge in [0.15, 0.2) is 0 Å². The molecule has 0 saturated heterocycles. The average Bonchev–Trinajstić information content (AvgIpc) is 2.65. The van der Waals surface area contributed by atoms with E-state index in [9.17, 15) is 18.0 Å². The first-order chi connectivity index (χ1) is 13.6. The van der Waals surface area contributed by atoms with Gasteiger partial charge in [0, 0.05) is 39.0 Å². The molecule has 0 bridgehead atoms. The number of hydrogen-bond donors (Lipinski definition) is 1. The van der Waals surface area contributed by atoms with Crippen LogP contribution in [-0.2, 0) is 32.6 Å². The third kappa shape index (κ3) is 6.54. The van der Waals surface area contributed by atoms with Crippen LogP contribution in [0.15, 0.2) is 24.3 Å². The number of benzene rings is 1. The topological polar surface area (TPSA) is 86.8 Å². The van der Waals surface area contributed by atoms with Crippen molar-refractivity contribution in [3.63, 3.8) is 0 Å². The zero-order valence-corrected chi connectivity index (χ0v) is 18.7. The van der Waals surface area contributed by atoms with Crippen LogP contribution >= 0.6 is 0 Å². The molecule has 2 amide bonds. The quantitative estimate of drug-likeness (QED) is 0.614. The van der Waals surface area contributed by atoms with Crippen molar-refractivity contribution in [1.29, 1.82) is 0 Å². The second-order valence-electron chi connectivity index (χ2n) is 8.01. The number of hydrogen-bond acceptors (Lipinski definition) is 4. The molecule has 2 rings (SSSR count). The van der Waals surface area contributed by atoms with Crippen LogP contribution in [0.3, 0.4) is 0 Å². The van der Waals surface area contributed by atoms with E-state index in [1.807, 2.05) is 38.1 Å². The molecule has 0 radical (unpaired) electrons. The summed E-state index contributed by atoms with van der Waals surface area (Å²) in [5, 5.41) is 2.90. The molecule has 1 N–H and O–H groups in total. The van der Waals surface area contributed by atoms with Crippen LogP contribution < -0.4 is 5.32 Å². The highest BCUT2D eigenvalue weighted by Crippen LogP contribution is 2.25. The molecule has 29 heavy (non-hydrogen) atoms. The van der Waals surface area contributed by atoms with Gasteiger partial charge in [-0.25, -0.2) is 12.7 Å². The number of amides is 2. The number of rotatable bonds is 9. The summed E-state index contributed by atoms with van der Waals surface area (Å²) in [6.45, 7) is 7.35. The number of sulfonamides is 1. The van der Waals surface area contributed by atoms with E-state index in [4.69, 9.17) is 0 Å². The maximum atomic E-state index is 12.9. The van der Waals surface area contributed by atoms with Gasteiger partial charge in [-0.1, -0.05) is 45.0 Å². The van der Waals surface area contributed by atoms with Crippen LogP contribution in [0.4, 0.5) is 0 Å². The first-order valence-electron chi connectivity index (χ1n) is 10.2. The Kier molecular flexibility index (Phi) is 8.22. The number of carbonyl (C=O) groups excluding carboxylic acids is 2. The van der Waals surface area contributed by atoms with E-state index in [1.165, 1.54) is 10.6 Å². The van der Waals surface area contributed by atoms with E-state index in [0.29, 0.717) is 45.4 Å². The number of fused-ring (bicyclic) bond motifs is 1. The summed E-state index contributed by atoms with van der Waals surface area (Å²) < 4.78 is 24.7. The van der Waals surface area contributed by atoms with Gasteiger partial charge in [0.05, 0.1) is 6.26 Å². The fourth-order valence-electron chi connectivity index (χ4n) is 3.63. The van der Waals surface area contributed by atoms with Crippen molar-refractivity contribution >= 4 is 21.8 Å². The fraction of sp³-hybridized carbons (Fsp3) is 0.619. The van der Waals surface area contributed by atoms with E-state index in [1.54, 1.807) is 11.8 Å². The maximum Gasteiger partial charge on any atom is 0.243 e. The van der Waals surface area contributed by atoms with Gasteiger partial charge in [0.2, 0.25) is 21.8 Å². The van der Waals surface area contributed by atoms with Gasteiger partial charge in [-0.05, 0) is 23.5 Å². The zero-order chi connectivity index (χ0) is 21.6. The summed E-state index contributed by atoms with van der Waals surface area (Å²) >= 11 is 0. The predicted octanol–water partition coefficient (Wildman–Crippen LogP) is 1.77. The zero-order valence-electron chi connectivity index (χ0n) is 17.8. The molecule has 1 heterocycles. The monoisotopic (exact) mass is 423 g/mol. The Morgan fingerprint density at radius 1 is 1.24 bits per heavy atom. The highest BCUT2D eigenvalue weighted by Gasteiger charge is 2.34. The van der Waals surface area contributed by atoms with Gasteiger partial charge in [0.25, 0.3) is 0 Å². The van der Waals surface area contributed by atoms with E-state index in [-0.39, 0.29) is 17.7 Å². The smallest absolute Gasteiger partial charge is 0.243 e. The molecule has 1 aromatic rings. The first kappa shape index (κ1) is 23.3. The van der Waals surface area contributed by atoms with Gasteiger partial charge in [-0.2, -0.15) is 0 Å². The number of nitrogens with one attached hydrogen (secondary N) is 1. The maximum absolute atomic E-state index is 12.9. The fourth-order valence-corrected chi connectivity index (χ4v) is 4.56. The summed E-state index contributed by atoms with van der Waals surface area (Å²) in [6.07, 6.45) is 2.62. The Morgan fingerprint density at radius 2 is 1.90 bits per heavy atom. The summed E-state index contributed by atoms with van der Waals surface area (Å²) in [5.74, 6) is 0.0299. The molecule has 1 aliphatic heterocycles. The normalized spacial score (nSPS) is 16.8. The summed E-state index contributed by atoms with van der Waals surface area (Å²) in [4.78, 5) is 27.3. The molecule has 0 saturated carbocycles. The second kappa shape index (κ2) is 10.2. The lowest BCUT2D eigenvalue weighted by molar-refractivity contribution is -0.142. The van der Waals surface area contributed by atoms with Gasteiger partial charge in [0.1, 0.15) is 6.04 Å². The van der Waals surface area contributed by atoms with Crippen LogP contribution in [0.2, 0.25) is 0 Å². The Balaban J connectivity index is 2.02. The lowest BCUT2D eigenvalue weighted by Gasteiger charge is -2.36. The van der Waals surface area contributed by atoms with Crippen molar-refractivity contribution in [1.82, 2.24) is 14.5 Å². The second-order valence-corrected chi connectivity index (χ2v) is 9.99. The standard InChI is InChI=1S/C21H33N3O4S/c1-5-23(29(4,27)28)12-8-11-22-21(26)19-14-17-9-6-7-10-18(17)15-24(19)20(25)13-16(2)3/h6-7,9-10,16,19H,5,8,11-15H2,1-4H3,(H,22,26).